The summed E-state index contributed by atoms with van der Waals surface area (Å²) >= 11 is 0. The van der Waals surface area contributed by atoms with Crippen LogP contribution < -0.4 is 0 Å². The van der Waals surface area contributed by atoms with Crippen molar-refractivity contribution in [2.24, 2.45) is 5.92 Å². The molecule has 4 heteroatoms. The third-order valence-electron chi connectivity index (χ3n) is 2.01. The van der Waals surface area contributed by atoms with Gasteiger partial charge in [-0.15, -0.1) is 0 Å². The molecule has 0 saturated heterocycles. The number of hydrogen-bond donors (Lipinski definition) is 4. The first-order valence-electron chi connectivity index (χ1n) is 3.32. The van der Waals surface area contributed by atoms with E-state index in [0.717, 1.165) is 0 Å². The molecule has 0 aromatic heterocycles. The zero-order valence-electron chi connectivity index (χ0n) is 5.51. The third-order valence-corrected chi connectivity index (χ3v) is 2.01. The fraction of sp³-hybridized carbons (Fsp3) is 1.00. The van der Waals surface area contributed by atoms with Crippen molar-refractivity contribution in [1.29, 1.82) is 0 Å². The minimum absolute atomic E-state index is 0.185. The van der Waals surface area contributed by atoms with Gasteiger partial charge in [0.2, 0.25) is 0 Å². The molecule has 1 fully saturated rings. The van der Waals surface area contributed by atoms with Crippen LogP contribution in [-0.2, 0) is 0 Å². The topological polar surface area (TPSA) is 80.9 Å². The molecule has 0 bridgehead atoms. The number of rotatable bonds is 1. The van der Waals surface area contributed by atoms with Gasteiger partial charge in [0.25, 0.3) is 0 Å². The van der Waals surface area contributed by atoms with E-state index in [9.17, 15) is 0 Å². The lowest BCUT2D eigenvalue weighted by Crippen LogP contribution is -2.31. The summed E-state index contributed by atoms with van der Waals surface area (Å²) in [4.78, 5) is 0. The number of aliphatic hydroxyl groups excluding tert-OH is 4. The van der Waals surface area contributed by atoms with Crippen LogP contribution in [-0.4, -0.2) is 45.3 Å². The molecular weight excluding hydrogens is 136 g/mol. The first-order valence-corrected chi connectivity index (χ1v) is 3.32. The molecule has 4 N–H and O–H groups in total. The summed E-state index contributed by atoms with van der Waals surface area (Å²) in [5, 5.41) is 35.6. The van der Waals surface area contributed by atoms with Gasteiger partial charge in [0.15, 0.2) is 0 Å². The van der Waals surface area contributed by atoms with Gasteiger partial charge in [0.1, 0.15) is 6.10 Å². The second-order valence-electron chi connectivity index (χ2n) is 2.73. The average Bonchev–Trinajstić information content (AvgIpc) is 2.17. The maximum atomic E-state index is 9.06. The number of aliphatic hydroxyl groups is 4. The Hall–Kier alpha value is -0.160. The lowest BCUT2D eigenvalue weighted by atomic mass is 10.1. The molecule has 0 spiro atoms. The first-order chi connectivity index (χ1) is 4.66. The van der Waals surface area contributed by atoms with Gasteiger partial charge in [0.05, 0.1) is 12.2 Å². The van der Waals surface area contributed by atoms with Crippen LogP contribution in [0.5, 0.6) is 0 Å². The van der Waals surface area contributed by atoms with Crippen LogP contribution in [0.4, 0.5) is 0 Å². The van der Waals surface area contributed by atoms with Gasteiger partial charge in [-0.2, -0.15) is 0 Å². The minimum atomic E-state index is -1.09. The van der Waals surface area contributed by atoms with Crippen molar-refractivity contribution >= 4 is 0 Å². The minimum Gasteiger partial charge on any atom is -0.396 e. The predicted molar refractivity (Wildman–Crippen MR) is 33.2 cm³/mol. The van der Waals surface area contributed by atoms with E-state index in [2.05, 4.69) is 0 Å². The Morgan fingerprint density at radius 3 is 1.90 bits per heavy atom. The van der Waals surface area contributed by atoms with E-state index in [0.29, 0.717) is 0 Å². The monoisotopic (exact) mass is 148 g/mol. The molecule has 60 valence electrons. The first kappa shape index (κ1) is 7.94. The molecule has 0 aliphatic heterocycles. The fourth-order valence-electron chi connectivity index (χ4n) is 1.28. The van der Waals surface area contributed by atoms with E-state index in [1.54, 1.807) is 0 Å². The Kier molecular flexibility index (Phi) is 2.25. The van der Waals surface area contributed by atoms with Crippen LogP contribution >= 0.6 is 0 Å². The summed E-state index contributed by atoms with van der Waals surface area (Å²) in [5.74, 6) is -0.370. The molecule has 0 radical (unpaired) electrons. The van der Waals surface area contributed by atoms with Crippen molar-refractivity contribution in [2.75, 3.05) is 6.61 Å². The molecule has 0 heterocycles. The second kappa shape index (κ2) is 2.84. The van der Waals surface area contributed by atoms with Crippen LogP contribution in [0.15, 0.2) is 0 Å². The van der Waals surface area contributed by atoms with Gasteiger partial charge in [0, 0.05) is 12.5 Å². The standard InChI is InChI=1S/C6H12O4/c7-2-3-1-4(8)6(10)5(3)9/h3-10H,1-2H2/t3-,4+,5-,6+/m1/s1. The van der Waals surface area contributed by atoms with Gasteiger partial charge in [-0.25, -0.2) is 0 Å². The second-order valence-corrected chi connectivity index (χ2v) is 2.73. The maximum absolute atomic E-state index is 9.06. The maximum Gasteiger partial charge on any atom is 0.106 e. The molecule has 1 saturated carbocycles. The lowest BCUT2D eigenvalue weighted by Gasteiger charge is -2.12. The van der Waals surface area contributed by atoms with Crippen molar-refractivity contribution < 1.29 is 20.4 Å². The molecule has 1 rings (SSSR count). The van der Waals surface area contributed by atoms with Crippen LogP contribution in [0, 0.1) is 5.92 Å². The van der Waals surface area contributed by atoms with E-state index in [-0.39, 0.29) is 18.9 Å². The highest BCUT2D eigenvalue weighted by Crippen LogP contribution is 2.25. The van der Waals surface area contributed by atoms with Crippen LogP contribution in [0.3, 0.4) is 0 Å². The molecule has 4 nitrogen and oxygen atoms in total. The summed E-state index contributed by atoms with van der Waals surface area (Å²) in [6, 6.07) is 0. The Balaban J connectivity index is 2.53. The Morgan fingerprint density at radius 2 is 1.70 bits per heavy atom. The quantitative estimate of drug-likeness (QED) is 0.349. The van der Waals surface area contributed by atoms with Gasteiger partial charge in [-0.05, 0) is 6.42 Å². The molecule has 0 aromatic rings. The summed E-state index contributed by atoms with van der Waals surface area (Å²) in [5.41, 5.74) is 0. The normalized spacial score (nSPS) is 48.0. The summed E-state index contributed by atoms with van der Waals surface area (Å²) in [6.07, 6.45) is -2.66. The molecule has 1 aliphatic rings. The summed E-state index contributed by atoms with van der Waals surface area (Å²) in [7, 11) is 0. The Labute approximate surface area is 58.7 Å². The highest BCUT2D eigenvalue weighted by Gasteiger charge is 2.39. The van der Waals surface area contributed by atoms with Crippen LogP contribution in [0.1, 0.15) is 6.42 Å². The largest absolute Gasteiger partial charge is 0.396 e. The lowest BCUT2D eigenvalue weighted by molar-refractivity contribution is -0.0302. The highest BCUT2D eigenvalue weighted by molar-refractivity contribution is 4.90. The van der Waals surface area contributed by atoms with E-state index >= 15 is 0 Å². The average molecular weight is 148 g/mol. The van der Waals surface area contributed by atoms with Crippen LogP contribution in [0.25, 0.3) is 0 Å². The summed E-state index contributed by atoms with van der Waals surface area (Å²) < 4.78 is 0. The Morgan fingerprint density at radius 1 is 1.10 bits per heavy atom. The molecule has 0 unspecified atom stereocenters. The van der Waals surface area contributed by atoms with Crippen molar-refractivity contribution in [3.05, 3.63) is 0 Å². The highest BCUT2D eigenvalue weighted by atomic mass is 16.4. The van der Waals surface area contributed by atoms with E-state index in [1.165, 1.54) is 0 Å². The van der Waals surface area contributed by atoms with Crippen LogP contribution in [0.2, 0.25) is 0 Å². The third kappa shape index (κ3) is 1.15. The SMILES string of the molecule is OC[C@H]1C[C@H](O)[C@H](O)[C@@H]1O. The van der Waals surface area contributed by atoms with Crippen molar-refractivity contribution in [2.45, 2.75) is 24.7 Å². The molecule has 0 amide bonds. The fourth-order valence-corrected chi connectivity index (χ4v) is 1.28. The predicted octanol–water partition coefficient (Wildman–Crippen LogP) is -1.92. The zero-order valence-corrected chi connectivity index (χ0v) is 5.51. The molecule has 10 heavy (non-hydrogen) atoms. The van der Waals surface area contributed by atoms with Crippen molar-refractivity contribution in [1.82, 2.24) is 0 Å². The van der Waals surface area contributed by atoms with Gasteiger partial charge in [-0.1, -0.05) is 0 Å². The smallest absolute Gasteiger partial charge is 0.106 e. The van der Waals surface area contributed by atoms with Gasteiger partial charge in [-0.3, -0.25) is 0 Å². The van der Waals surface area contributed by atoms with E-state index in [1.807, 2.05) is 0 Å². The molecular formula is C6H12O4. The molecule has 1 aliphatic carbocycles. The van der Waals surface area contributed by atoms with Gasteiger partial charge < -0.3 is 20.4 Å². The molecule has 4 atom stereocenters. The van der Waals surface area contributed by atoms with E-state index < -0.39 is 18.3 Å². The van der Waals surface area contributed by atoms with Crippen molar-refractivity contribution in [3.63, 3.8) is 0 Å². The zero-order chi connectivity index (χ0) is 7.72. The van der Waals surface area contributed by atoms with Crippen molar-refractivity contribution in [3.8, 4) is 0 Å². The van der Waals surface area contributed by atoms with Gasteiger partial charge >= 0.3 is 0 Å². The summed E-state index contributed by atoms with van der Waals surface area (Å²) in [6.45, 7) is -0.185. The molecule has 0 aromatic carbocycles. The van der Waals surface area contributed by atoms with E-state index in [4.69, 9.17) is 20.4 Å². The Bertz CT molecular complexity index is 116. The number of hydrogen-bond acceptors (Lipinski definition) is 4.